The van der Waals surface area contributed by atoms with E-state index in [0.29, 0.717) is 16.8 Å². The lowest BCUT2D eigenvalue weighted by atomic mass is 10.0. The summed E-state index contributed by atoms with van der Waals surface area (Å²) >= 11 is 0. The van der Waals surface area contributed by atoms with Crippen molar-refractivity contribution in [3.63, 3.8) is 0 Å². The van der Waals surface area contributed by atoms with E-state index in [1.165, 1.54) is 0 Å². The predicted octanol–water partition coefficient (Wildman–Crippen LogP) is 4.62. The standard InChI is InChI=1S/C23H18N2O2/c1-14-11-15(2)13-16(12-14)24-21-17-7-3-4-8-18(17)22(26)25(21)20-10-6-5-9-19(20)23(24)27/h3-13,21H,1-2H3. The van der Waals surface area contributed by atoms with Crippen molar-refractivity contribution >= 4 is 23.2 Å². The Kier molecular flexibility index (Phi) is 3.25. The van der Waals surface area contributed by atoms with Gasteiger partial charge in [0, 0.05) is 16.8 Å². The largest absolute Gasteiger partial charge is 0.282 e. The first kappa shape index (κ1) is 15.8. The molecule has 132 valence electrons. The summed E-state index contributed by atoms with van der Waals surface area (Å²) in [5.41, 5.74) is 5.72. The monoisotopic (exact) mass is 354 g/mol. The van der Waals surface area contributed by atoms with Gasteiger partial charge in [0.2, 0.25) is 0 Å². The number of fused-ring (bicyclic) bond motifs is 5. The van der Waals surface area contributed by atoms with E-state index < -0.39 is 6.17 Å². The third-order valence-electron chi connectivity index (χ3n) is 5.27. The molecule has 2 aliphatic heterocycles. The van der Waals surface area contributed by atoms with Gasteiger partial charge in [0.1, 0.15) is 6.17 Å². The van der Waals surface area contributed by atoms with Gasteiger partial charge in [0.25, 0.3) is 11.8 Å². The summed E-state index contributed by atoms with van der Waals surface area (Å²) in [7, 11) is 0. The summed E-state index contributed by atoms with van der Waals surface area (Å²) in [4.78, 5) is 30.2. The molecule has 0 saturated carbocycles. The van der Waals surface area contributed by atoms with Gasteiger partial charge in [-0.25, -0.2) is 0 Å². The number of carbonyl (C=O) groups excluding carboxylic acids is 2. The van der Waals surface area contributed by atoms with Gasteiger partial charge in [-0.3, -0.25) is 19.4 Å². The van der Waals surface area contributed by atoms with E-state index in [2.05, 4.69) is 6.07 Å². The van der Waals surface area contributed by atoms with Crippen LogP contribution in [0, 0.1) is 13.8 Å². The van der Waals surface area contributed by atoms with E-state index in [1.54, 1.807) is 15.9 Å². The molecule has 4 nitrogen and oxygen atoms in total. The third-order valence-corrected chi connectivity index (χ3v) is 5.27. The zero-order valence-corrected chi connectivity index (χ0v) is 15.1. The number of anilines is 2. The Morgan fingerprint density at radius 2 is 1.30 bits per heavy atom. The molecule has 3 aromatic carbocycles. The first-order valence-corrected chi connectivity index (χ1v) is 8.99. The fourth-order valence-electron chi connectivity index (χ4n) is 4.25. The lowest BCUT2D eigenvalue weighted by Gasteiger charge is -2.41. The second-order valence-corrected chi connectivity index (χ2v) is 7.17. The minimum Gasteiger partial charge on any atom is -0.282 e. The van der Waals surface area contributed by atoms with Crippen molar-refractivity contribution in [1.29, 1.82) is 0 Å². The highest BCUT2D eigenvalue weighted by atomic mass is 16.2. The van der Waals surface area contributed by atoms with Crippen LogP contribution >= 0.6 is 0 Å². The van der Waals surface area contributed by atoms with Gasteiger partial charge in [-0.05, 0) is 55.3 Å². The molecule has 0 radical (unpaired) electrons. The van der Waals surface area contributed by atoms with Crippen LogP contribution in [0.4, 0.5) is 11.4 Å². The van der Waals surface area contributed by atoms with Gasteiger partial charge in [0.15, 0.2) is 0 Å². The van der Waals surface area contributed by atoms with Gasteiger partial charge in [0.05, 0.1) is 11.3 Å². The molecule has 2 aliphatic rings. The van der Waals surface area contributed by atoms with Crippen LogP contribution in [0.3, 0.4) is 0 Å². The number of nitrogens with zero attached hydrogens (tertiary/aromatic N) is 2. The van der Waals surface area contributed by atoms with Crippen LogP contribution in [-0.4, -0.2) is 11.8 Å². The molecule has 1 atom stereocenters. The van der Waals surface area contributed by atoms with Crippen molar-refractivity contribution in [2.45, 2.75) is 20.0 Å². The van der Waals surface area contributed by atoms with E-state index in [0.717, 1.165) is 22.4 Å². The van der Waals surface area contributed by atoms with Crippen molar-refractivity contribution in [1.82, 2.24) is 0 Å². The number of carbonyl (C=O) groups is 2. The summed E-state index contributed by atoms with van der Waals surface area (Å²) in [6, 6.07) is 21.0. The van der Waals surface area contributed by atoms with Gasteiger partial charge in [-0.1, -0.05) is 36.4 Å². The molecule has 1 unspecified atom stereocenters. The minimum atomic E-state index is -0.461. The first-order chi connectivity index (χ1) is 13.1. The molecule has 0 bridgehead atoms. The number of para-hydroxylation sites is 1. The topological polar surface area (TPSA) is 40.6 Å². The summed E-state index contributed by atoms with van der Waals surface area (Å²) in [5, 5.41) is 0. The molecule has 0 fully saturated rings. The summed E-state index contributed by atoms with van der Waals surface area (Å²) in [6.45, 7) is 4.04. The van der Waals surface area contributed by atoms with Gasteiger partial charge in [-0.2, -0.15) is 0 Å². The maximum Gasteiger partial charge on any atom is 0.262 e. The zero-order chi connectivity index (χ0) is 18.7. The SMILES string of the molecule is Cc1cc(C)cc(N2C(=O)c3ccccc3N3C(=O)c4ccccc4C23)c1. The Balaban J connectivity index is 1.81. The highest BCUT2D eigenvalue weighted by Crippen LogP contribution is 2.47. The normalized spacial score (nSPS) is 17.6. The van der Waals surface area contributed by atoms with Gasteiger partial charge < -0.3 is 0 Å². The van der Waals surface area contributed by atoms with E-state index in [-0.39, 0.29) is 11.8 Å². The second-order valence-electron chi connectivity index (χ2n) is 7.17. The van der Waals surface area contributed by atoms with Crippen LogP contribution in [-0.2, 0) is 0 Å². The Bertz CT molecular complexity index is 1100. The Morgan fingerprint density at radius 3 is 2.04 bits per heavy atom. The Morgan fingerprint density at radius 1 is 0.704 bits per heavy atom. The second kappa shape index (κ2) is 5.55. The van der Waals surface area contributed by atoms with Crippen LogP contribution in [0.5, 0.6) is 0 Å². The maximum atomic E-state index is 13.5. The van der Waals surface area contributed by atoms with Crippen LogP contribution in [0.25, 0.3) is 0 Å². The fourth-order valence-corrected chi connectivity index (χ4v) is 4.25. The molecule has 0 aromatic heterocycles. The van der Waals surface area contributed by atoms with E-state index in [9.17, 15) is 9.59 Å². The van der Waals surface area contributed by atoms with Gasteiger partial charge >= 0.3 is 0 Å². The average Bonchev–Trinajstić information content (AvgIpc) is 2.95. The maximum absolute atomic E-state index is 13.5. The molecular formula is C23H18N2O2. The minimum absolute atomic E-state index is 0.0649. The Labute approximate surface area is 157 Å². The molecular weight excluding hydrogens is 336 g/mol. The van der Waals surface area contributed by atoms with Crippen LogP contribution in [0.1, 0.15) is 43.6 Å². The molecule has 4 heteroatoms. The molecule has 0 N–H and O–H groups in total. The van der Waals surface area contributed by atoms with Crippen molar-refractivity contribution in [3.8, 4) is 0 Å². The molecule has 2 amide bonds. The smallest absolute Gasteiger partial charge is 0.262 e. The lowest BCUT2D eigenvalue weighted by Crippen LogP contribution is -2.48. The average molecular weight is 354 g/mol. The first-order valence-electron chi connectivity index (χ1n) is 8.99. The zero-order valence-electron chi connectivity index (χ0n) is 15.1. The van der Waals surface area contributed by atoms with Crippen LogP contribution in [0.2, 0.25) is 0 Å². The van der Waals surface area contributed by atoms with E-state index >= 15 is 0 Å². The number of hydrogen-bond donors (Lipinski definition) is 0. The van der Waals surface area contributed by atoms with Gasteiger partial charge in [-0.15, -0.1) is 0 Å². The number of hydrogen-bond acceptors (Lipinski definition) is 2. The molecule has 0 aliphatic carbocycles. The van der Waals surface area contributed by atoms with Crippen LogP contribution < -0.4 is 9.80 Å². The molecule has 0 saturated heterocycles. The van der Waals surface area contributed by atoms with Crippen molar-refractivity contribution in [2.24, 2.45) is 0 Å². The Hall–Kier alpha value is -3.40. The summed E-state index contributed by atoms with van der Waals surface area (Å²) in [5.74, 6) is -0.147. The van der Waals surface area contributed by atoms with Crippen molar-refractivity contribution in [2.75, 3.05) is 9.80 Å². The molecule has 5 rings (SSSR count). The van der Waals surface area contributed by atoms with Crippen molar-refractivity contribution in [3.05, 3.63) is 94.5 Å². The predicted molar refractivity (Wildman–Crippen MR) is 105 cm³/mol. The quantitative estimate of drug-likeness (QED) is 0.640. The number of rotatable bonds is 1. The highest BCUT2D eigenvalue weighted by Gasteiger charge is 2.48. The number of amides is 2. The van der Waals surface area contributed by atoms with Crippen molar-refractivity contribution < 1.29 is 9.59 Å². The van der Waals surface area contributed by atoms with Crippen LogP contribution in [0.15, 0.2) is 66.7 Å². The fraction of sp³-hybridized carbons (Fsp3) is 0.130. The number of aryl methyl sites for hydroxylation is 2. The highest BCUT2D eigenvalue weighted by molar-refractivity contribution is 6.21. The molecule has 27 heavy (non-hydrogen) atoms. The summed E-state index contributed by atoms with van der Waals surface area (Å²) in [6.07, 6.45) is -0.461. The summed E-state index contributed by atoms with van der Waals surface area (Å²) < 4.78 is 0. The third kappa shape index (κ3) is 2.16. The molecule has 2 heterocycles. The molecule has 0 spiro atoms. The molecule has 3 aromatic rings. The van der Waals surface area contributed by atoms with E-state index in [4.69, 9.17) is 0 Å². The number of benzene rings is 3. The van der Waals surface area contributed by atoms with E-state index in [1.807, 2.05) is 68.4 Å². The lowest BCUT2D eigenvalue weighted by molar-refractivity contribution is 0.0949.